The molecule has 27 heavy (non-hydrogen) atoms. The Bertz CT molecular complexity index is 658. The SMILES string of the molecule is O=C(C[C@H]1C=C[C@H](NC(=O)C2CCOCC2)[C@@H](CO)O1)Nc1ccccc1. The molecular weight excluding hydrogens is 348 g/mol. The molecule has 0 saturated carbocycles. The Morgan fingerprint density at radius 2 is 1.85 bits per heavy atom. The number of carbonyl (C=O) groups is 2. The van der Waals surface area contributed by atoms with E-state index < -0.39 is 18.2 Å². The summed E-state index contributed by atoms with van der Waals surface area (Å²) in [6.45, 7) is 0.952. The number of nitrogens with one attached hydrogen (secondary N) is 2. The maximum absolute atomic E-state index is 12.4. The first-order chi connectivity index (χ1) is 13.2. The summed E-state index contributed by atoms with van der Waals surface area (Å²) in [7, 11) is 0. The molecule has 2 aliphatic rings. The van der Waals surface area contributed by atoms with E-state index in [9.17, 15) is 14.7 Å². The van der Waals surface area contributed by atoms with Gasteiger partial charge in [-0.15, -0.1) is 0 Å². The van der Waals surface area contributed by atoms with Gasteiger partial charge in [0.15, 0.2) is 0 Å². The number of ether oxygens (including phenoxy) is 2. The van der Waals surface area contributed by atoms with Crippen molar-refractivity contribution in [2.75, 3.05) is 25.1 Å². The molecule has 7 nitrogen and oxygen atoms in total. The van der Waals surface area contributed by atoms with Crippen LogP contribution in [0.25, 0.3) is 0 Å². The van der Waals surface area contributed by atoms with E-state index in [-0.39, 0.29) is 30.8 Å². The first kappa shape index (κ1) is 19.5. The lowest BCUT2D eigenvalue weighted by Gasteiger charge is -2.33. The van der Waals surface area contributed by atoms with Crippen molar-refractivity contribution >= 4 is 17.5 Å². The molecule has 1 aromatic carbocycles. The lowest BCUT2D eigenvalue weighted by molar-refractivity contribution is -0.131. The molecule has 7 heteroatoms. The van der Waals surface area contributed by atoms with Crippen LogP contribution < -0.4 is 10.6 Å². The number of amides is 2. The molecular formula is C20H26N2O5. The first-order valence-electron chi connectivity index (χ1n) is 9.33. The van der Waals surface area contributed by atoms with Gasteiger partial charge in [-0.05, 0) is 25.0 Å². The number of para-hydroxylation sites is 1. The monoisotopic (exact) mass is 374 g/mol. The summed E-state index contributed by atoms with van der Waals surface area (Å²) in [5.74, 6) is -0.284. The van der Waals surface area contributed by atoms with Gasteiger partial charge in [0.25, 0.3) is 0 Å². The smallest absolute Gasteiger partial charge is 0.227 e. The van der Waals surface area contributed by atoms with Crippen LogP contribution in [0.5, 0.6) is 0 Å². The minimum atomic E-state index is -0.576. The van der Waals surface area contributed by atoms with E-state index in [0.717, 1.165) is 5.69 Å². The van der Waals surface area contributed by atoms with Crippen molar-refractivity contribution in [1.29, 1.82) is 0 Å². The number of carbonyl (C=O) groups excluding carboxylic acids is 2. The minimum absolute atomic E-state index is 0.0460. The Hall–Kier alpha value is -2.22. The van der Waals surface area contributed by atoms with Gasteiger partial charge in [-0.25, -0.2) is 0 Å². The van der Waals surface area contributed by atoms with Gasteiger partial charge in [-0.3, -0.25) is 9.59 Å². The Labute approximate surface area is 158 Å². The van der Waals surface area contributed by atoms with Crippen LogP contribution in [0.1, 0.15) is 19.3 Å². The van der Waals surface area contributed by atoms with E-state index >= 15 is 0 Å². The summed E-state index contributed by atoms with van der Waals surface area (Å²) in [6.07, 6.45) is 4.11. The van der Waals surface area contributed by atoms with Gasteiger partial charge in [0.2, 0.25) is 11.8 Å². The average molecular weight is 374 g/mol. The molecule has 3 atom stereocenters. The van der Waals surface area contributed by atoms with Gasteiger partial charge in [0.1, 0.15) is 6.10 Å². The molecule has 0 radical (unpaired) electrons. The number of hydrogen-bond donors (Lipinski definition) is 3. The molecule has 3 N–H and O–H groups in total. The second kappa shape index (κ2) is 9.64. The van der Waals surface area contributed by atoms with Crippen LogP contribution in [0.15, 0.2) is 42.5 Å². The average Bonchev–Trinajstić information content (AvgIpc) is 2.70. The highest BCUT2D eigenvalue weighted by atomic mass is 16.5. The number of aliphatic hydroxyl groups excluding tert-OH is 1. The Balaban J connectivity index is 1.52. The van der Waals surface area contributed by atoms with Crippen molar-refractivity contribution in [3.8, 4) is 0 Å². The molecule has 3 rings (SSSR count). The fourth-order valence-corrected chi connectivity index (χ4v) is 3.29. The zero-order chi connectivity index (χ0) is 19.1. The van der Waals surface area contributed by atoms with E-state index in [1.165, 1.54) is 0 Å². The van der Waals surface area contributed by atoms with E-state index in [1.54, 1.807) is 6.08 Å². The summed E-state index contributed by atoms with van der Waals surface area (Å²) in [6, 6.07) is 8.80. The van der Waals surface area contributed by atoms with Gasteiger partial charge in [-0.1, -0.05) is 30.4 Å². The quantitative estimate of drug-likeness (QED) is 0.651. The number of aliphatic hydroxyl groups is 1. The minimum Gasteiger partial charge on any atom is -0.394 e. The molecule has 0 unspecified atom stereocenters. The normalized spacial score (nSPS) is 25.7. The molecule has 146 valence electrons. The van der Waals surface area contributed by atoms with Crippen LogP contribution in [-0.2, 0) is 19.1 Å². The highest BCUT2D eigenvalue weighted by molar-refractivity contribution is 5.91. The summed E-state index contributed by atoms with van der Waals surface area (Å²) in [4.78, 5) is 24.6. The van der Waals surface area contributed by atoms with Gasteiger partial charge in [0.05, 0.1) is 25.2 Å². The molecule has 1 saturated heterocycles. The van der Waals surface area contributed by atoms with E-state index in [1.807, 2.05) is 36.4 Å². The third-order valence-electron chi connectivity index (χ3n) is 4.81. The molecule has 0 spiro atoms. The maximum Gasteiger partial charge on any atom is 0.227 e. The fraction of sp³-hybridized carbons (Fsp3) is 0.500. The van der Waals surface area contributed by atoms with E-state index in [0.29, 0.717) is 26.1 Å². The number of hydrogen-bond acceptors (Lipinski definition) is 5. The Kier molecular flexibility index (Phi) is 6.98. The van der Waals surface area contributed by atoms with Crippen molar-refractivity contribution in [3.05, 3.63) is 42.5 Å². The van der Waals surface area contributed by atoms with Crippen molar-refractivity contribution in [3.63, 3.8) is 0 Å². The number of benzene rings is 1. The molecule has 0 bridgehead atoms. The third kappa shape index (κ3) is 5.63. The predicted molar refractivity (Wildman–Crippen MR) is 100 cm³/mol. The number of anilines is 1. The molecule has 0 aliphatic carbocycles. The Morgan fingerprint density at radius 3 is 2.56 bits per heavy atom. The molecule has 2 aliphatic heterocycles. The largest absolute Gasteiger partial charge is 0.394 e. The summed E-state index contributed by atoms with van der Waals surface area (Å²) < 4.78 is 11.1. The van der Waals surface area contributed by atoms with Crippen molar-refractivity contribution in [2.24, 2.45) is 5.92 Å². The standard InChI is InChI=1S/C20H26N2O5/c23-13-18-17(22-20(25)14-8-10-26-11-9-14)7-6-16(27-18)12-19(24)21-15-4-2-1-3-5-15/h1-7,14,16-18,23H,8-13H2,(H,21,24)(H,22,25)/t16-,17+,18-/m1/s1. The molecule has 2 heterocycles. The van der Waals surface area contributed by atoms with Crippen LogP contribution in [0, 0.1) is 5.92 Å². The topological polar surface area (TPSA) is 96.9 Å². The molecule has 2 amide bonds. The van der Waals surface area contributed by atoms with Crippen molar-refractivity contribution < 1.29 is 24.2 Å². The zero-order valence-electron chi connectivity index (χ0n) is 15.2. The van der Waals surface area contributed by atoms with Gasteiger partial charge < -0.3 is 25.2 Å². The fourth-order valence-electron chi connectivity index (χ4n) is 3.29. The van der Waals surface area contributed by atoms with E-state index in [4.69, 9.17) is 9.47 Å². The first-order valence-corrected chi connectivity index (χ1v) is 9.33. The van der Waals surface area contributed by atoms with Crippen LogP contribution in [0.3, 0.4) is 0 Å². The van der Waals surface area contributed by atoms with Crippen molar-refractivity contribution in [2.45, 2.75) is 37.5 Å². The van der Waals surface area contributed by atoms with Crippen LogP contribution >= 0.6 is 0 Å². The predicted octanol–water partition coefficient (Wildman–Crippen LogP) is 1.24. The van der Waals surface area contributed by atoms with Crippen molar-refractivity contribution in [1.82, 2.24) is 5.32 Å². The summed E-state index contributed by atoms with van der Waals surface area (Å²) in [5.41, 5.74) is 0.725. The summed E-state index contributed by atoms with van der Waals surface area (Å²) >= 11 is 0. The molecule has 0 aromatic heterocycles. The van der Waals surface area contributed by atoms with Crippen LogP contribution in [-0.4, -0.2) is 55.0 Å². The molecule has 1 fully saturated rings. The Morgan fingerprint density at radius 1 is 1.11 bits per heavy atom. The second-order valence-corrected chi connectivity index (χ2v) is 6.82. The lowest BCUT2D eigenvalue weighted by atomic mass is 9.97. The van der Waals surface area contributed by atoms with E-state index in [2.05, 4.69) is 10.6 Å². The third-order valence-corrected chi connectivity index (χ3v) is 4.81. The van der Waals surface area contributed by atoms with Gasteiger partial charge in [0, 0.05) is 24.8 Å². The highest BCUT2D eigenvalue weighted by Gasteiger charge is 2.31. The van der Waals surface area contributed by atoms with Gasteiger partial charge in [-0.2, -0.15) is 0 Å². The summed E-state index contributed by atoms with van der Waals surface area (Å²) in [5, 5.41) is 15.4. The van der Waals surface area contributed by atoms with Crippen LogP contribution in [0.4, 0.5) is 5.69 Å². The van der Waals surface area contributed by atoms with Crippen LogP contribution in [0.2, 0.25) is 0 Å². The second-order valence-electron chi connectivity index (χ2n) is 6.82. The lowest BCUT2D eigenvalue weighted by Crippen LogP contribution is -2.50. The molecule has 1 aromatic rings. The highest BCUT2D eigenvalue weighted by Crippen LogP contribution is 2.19. The number of rotatable bonds is 6. The maximum atomic E-state index is 12.4. The van der Waals surface area contributed by atoms with Gasteiger partial charge >= 0.3 is 0 Å². The zero-order valence-corrected chi connectivity index (χ0v) is 15.2.